The normalized spacial score (nSPS) is 26.8. The molecule has 0 amide bonds. The third kappa shape index (κ3) is 2.47. The van der Waals surface area contributed by atoms with Crippen molar-refractivity contribution < 1.29 is 34.3 Å². The second-order valence-corrected chi connectivity index (χ2v) is 5.47. The van der Waals surface area contributed by atoms with Crippen molar-refractivity contribution in [3.63, 3.8) is 0 Å². The molecule has 2 aromatic rings. The Morgan fingerprint density at radius 1 is 1.29 bits per heavy atom. The number of hydrogen-bond acceptors (Lipinski definition) is 6. The third-order valence-electron chi connectivity index (χ3n) is 4.02. The maximum Gasteiger partial charge on any atom is 0.341 e. The third-order valence-corrected chi connectivity index (χ3v) is 4.02. The minimum absolute atomic E-state index is 0.126. The van der Waals surface area contributed by atoms with Crippen molar-refractivity contribution in [3.05, 3.63) is 46.0 Å². The summed E-state index contributed by atoms with van der Waals surface area (Å²) in [5.74, 6) is -2.25. The number of carbonyl (C=O) groups is 1. The van der Waals surface area contributed by atoms with Gasteiger partial charge in [0.05, 0.1) is 12.1 Å². The summed E-state index contributed by atoms with van der Waals surface area (Å²) in [6, 6.07) is 3.20. The number of carboxylic acid groups (broad SMARTS) is 1. The lowest BCUT2D eigenvalue weighted by molar-refractivity contribution is -0.0509. The lowest BCUT2D eigenvalue weighted by Crippen LogP contribution is -2.33. The summed E-state index contributed by atoms with van der Waals surface area (Å²) in [7, 11) is 0. The molecule has 1 fully saturated rings. The van der Waals surface area contributed by atoms with Crippen LogP contribution in [0.3, 0.4) is 0 Å². The van der Waals surface area contributed by atoms with E-state index in [-0.39, 0.29) is 10.9 Å². The van der Waals surface area contributed by atoms with Crippen LogP contribution in [0.5, 0.6) is 0 Å². The molecule has 4 N–H and O–H groups in total. The van der Waals surface area contributed by atoms with Gasteiger partial charge in [0, 0.05) is 11.6 Å². The number of fused-ring (bicyclic) bond motifs is 1. The summed E-state index contributed by atoms with van der Waals surface area (Å²) in [6.45, 7) is -0.562. The van der Waals surface area contributed by atoms with E-state index in [0.717, 1.165) is 22.9 Å². The van der Waals surface area contributed by atoms with E-state index < -0.39 is 53.9 Å². The Balaban J connectivity index is 2.26. The van der Waals surface area contributed by atoms with Gasteiger partial charge in [-0.3, -0.25) is 4.79 Å². The minimum Gasteiger partial charge on any atom is -0.477 e. The van der Waals surface area contributed by atoms with Crippen LogP contribution in [0.1, 0.15) is 16.6 Å². The molecule has 1 aliphatic rings. The molecule has 1 aliphatic heterocycles. The molecule has 9 heteroatoms. The van der Waals surface area contributed by atoms with Crippen LogP contribution in [-0.2, 0) is 4.74 Å². The lowest BCUT2D eigenvalue weighted by Gasteiger charge is -2.21. The van der Waals surface area contributed by atoms with Gasteiger partial charge in [0.2, 0.25) is 5.43 Å². The minimum atomic E-state index is -1.52. The van der Waals surface area contributed by atoms with E-state index >= 15 is 0 Å². The van der Waals surface area contributed by atoms with Crippen LogP contribution in [0.4, 0.5) is 4.39 Å². The Hall–Kier alpha value is -2.33. The molecule has 0 radical (unpaired) electrons. The highest BCUT2D eigenvalue weighted by Crippen LogP contribution is 2.31. The maximum absolute atomic E-state index is 13.5. The van der Waals surface area contributed by atoms with Crippen molar-refractivity contribution in [2.24, 2.45) is 0 Å². The van der Waals surface area contributed by atoms with Crippen LogP contribution in [0.15, 0.2) is 29.2 Å². The zero-order chi connectivity index (χ0) is 17.6. The van der Waals surface area contributed by atoms with Gasteiger partial charge in [0.15, 0.2) is 6.23 Å². The average Bonchev–Trinajstić information content (AvgIpc) is 2.83. The number of nitrogens with zero attached hydrogens (tertiary/aromatic N) is 1. The highest BCUT2D eigenvalue weighted by atomic mass is 19.1. The number of ether oxygens (including phenoxy) is 1. The first-order valence-corrected chi connectivity index (χ1v) is 7.05. The zero-order valence-corrected chi connectivity index (χ0v) is 12.2. The number of carboxylic acids is 1. The fourth-order valence-electron chi connectivity index (χ4n) is 2.80. The van der Waals surface area contributed by atoms with Crippen molar-refractivity contribution in [1.29, 1.82) is 0 Å². The first-order chi connectivity index (χ1) is 11.3. The molecular weight excluding hydrogens is 325 g/mol. The Morgan fingerprint density at radius 3 is 2.58 bits per heavy atom. The molecule has 2 heterocycles. The van der Waals surface area contributed by atoms with Crippen molar-refractivity contribution in [1.82, 2.24) is 4.57 Å². The van der Waals surface area contributed by atoms with Crippen molar-refractivity contribution in [3.8, 4) is 0 Å². The lowest BCUT2D eigenvalue weighted by atomic mass is 10.1. The summed E-state index contributed by atoms with van der Waals surface area (Å²) in [5, 5.41) is 38.1. The first kappa shape index (κ1) is 16.5. The highest BCUT2D eigenvalue weighted by Gasteiger charge is 2.43. The number of aliphatic hydroxyl groups excluding tert-OH is 3. The number of benzene rings is 1. The van der Waals surface area contributed by atoms with E-state index in [1.807, 2.05) is 0 Å². The Labute approximate surface area is 134 Å². The number of halogens is 1. The number of aliphatic hydroxyl groups is 3. The predicted molar refractivity (Wildman–Crippen MR) is 78.1 cm³/mol. The monoisotopic (exact) mass is 339 g/mol. The summed E-state index contributed by atoms with van der Waals surface area (Å²) in [6.07, 6.45) is -4.23. The quantitative estimate of drug-likeness (QED) is 0.590. The van der Waals surface area contributed by atoms with E-state index in [1.165, 1.54) is 6.07 Å². The Bertz CT molecular complexity index is 865. The zero-order valence-electron chi connectivity index (χ0n) is 12.2. The number of hydrogen-bond donors (Lipinski definition) is 4. The molecule has 24 heavy (non-hydrogen) atoms. The van der Waals surface area contributed by atoms with E-state index in [4.69, 9.17) is 9.84 Å². The summed E-state index contributed by atoms with van der Waals surface area (Å²) >= 11 is 0. The van der Waals surface area contributed by atoms with Gasteiger partial charge in [-0.15, -0.1) is 0 Å². The van der Waals surface area contributed by atoms with E-state index in [1.54, 1.807) is 0 Å². The molecule has 0 unspecified atom stereocenters. The summed E-state index contributed by atoms with van der Waals surface area (Å²) < 4.78 is 20.0. The second kappa shape index (κ2) is 5.95. The maximum atomic E-state index is 13.5. The molecule has 0 saturated carbocycles. The van der Waals surface area contributed by atoms with Crippen molar-refractivity contribution in [2.45, 2.75) is 24.5 Å². The van der Waals surface area contributed by atoms with Crippen LogP contribution in [0.25, 0.3) is 10.9 Å². The first-order valence-electron chi connectivity index (χ1n) is 7.05. The molecule has 1 aromatic carbocycles. The predicted octanol–water partition coefficient (Wildman–Crippen LogP) is -0.550. The molecule has 128 valence electrons. The van der Waals surface area contributed by atoms with Gasteiger partial charge in [-0.1, -0.05) is 0 Å². The number of aromatic nitrogens is 1. The molecule has 4 atom stereocenters. The molecule has 8 nitrogen and oxygen atoms in total. The standard InChI is InChI=1S/C15H14FNO7/c16-6-1-2-9-7(3-6)11(19)8(15(22)23)4-17(9)14-13(21)12(20)10(5-18)24-14/h1-4,10,12-14,18,20-21H,5H2,(H,22,23)/t10-,12-,13-,14-/m1/s1. The fourth-order valence-corrected chi connectivity index (χ4v) is 2.80. The Morgan fingerprint density at radius 2 is 2.00 bits per heavy atom. The molecular formula is C15H14FNO7. The van der Waals surface area contributed by atoms with Crippen molar-refractivity contribution >= 4 is 16.9 Å². The second-order valence-electron chi connectivity index (χ2n) is 5.47. The fraction of sp³-hybridized carbons (Fsp3) is 0.333. The van der Waals surface area contributed by atoms with Gasteiger partial charge in [0.25, 0.3) is 0 Å². The van der Waals surface area contributed by atoms with Crippen LogP contribution in [0.2, 0.25) is 0 Å². The molecule has 0 aliphatic carbocycles. The highest BCUT2D eigenvalue weighted by molar-refractivity contribution is 5.92. The molecule has 3 rings (SSSR count). The topological polar surface area (TPSA) is 129 Å². The average molecular weight is 339 g/mol. The molecule has 0 bridgehead atoms. The summed E-state index contributed by atoms with van der Waals surface area (Å²) in [4.78, 5) is 23.5. The number of pyridine rings is 1. The van der Waals surface area contributed by atoms with Gasteiger partial charge in [-0.2, -0.15) is 0 Å². The van der Waals surface area contributed by atoms with Crippen LogP contribution in [-0.4, -0.2) is 55.9 Å². The van der Waals surface area contributed by atoms with Crippen LogP contribution >= 0.6 is 0 Å². The van der Waals surface area contributed by atoms with Crippen LogP contribution < -0.4 is 5.43 Å². The SMILES string of the molecule is O=C(O)c1cn([C@@H]2O[C@H](CO)[C@@H](O)[C@H]2O)c2ccc(F)cc2c1=O. The summed E-state index contributed by atoms with van der Waals surface area (Å²) in [5.41, 5.74) is -1.38. The van der Waals surface area contributed by atoms with E-state index in [0.29, 0.717) is 0 Å². The van der Waals surface area contributed by atoms with E-state index in [2.05, 4.69) is 0 Å². The van der Waals surface area contributed by atoms with Gasteiger partial charge in [0.1, 0.15) is 29.7 Å². The number of aromatic carboxylic acids is 1. The van der Waals surface area contributed by atoms with Crippen LogP contribution in [0, 0.1) is 5.82 Å². The van der Waals surface area contributed by atoms with Gasteiger partial charge in [-0.05, 0) is 18.2 Å². The molecule has 0 spiro atoms. The van der Waals surface area contributed by atoms with Gasteiger partial charge < -0.3 is 29.7 Å². The van der Waals surface area contributed by atoms with E-state index in [9.17, 15) is 29.3 Å². The van der Waals surface area contributed by atoms with Gasteiger partial charge >= 0.3 is 5.97 Å². The molecule has 1 saturated heterocycles. The van der Waals surface area contributed by atoms with Crippen molar-refractivity contribution in [2.75, 3.05) is 6.61 Å². The number of rotatable bonds is 3. The van der Waals surface area contributed by atoms with Gasteiger partial charge in [-0.25, -0.2) is 9.18 Å². The Kier molecular flexibility index (Phi) is 4.10. The smallest absolute Gasteiger partial charge is 0.341 e. The largest absolute Gasteiger partial charge is 0.477 e. The molecule has 1 aromatic heterocycles.